The highest BCUT2D eigenvalue weighted by Crippen LogP contribution is 2.62. The Kier molecular flexibility index (Phi) is 7.37. The van der Waals surface area contributed by atoms with E-state index >= 15 is 0 Å². The van der Waals surface area contributed by atoms with Gasteiger partial charge in [-0.15, -0.1) is 0 Å². The molecule has 4 aliphatic rings. The fourth-order valence-corrected chi connectivity index (χ4v) is 5.86. The highest BCUT2D eigenvalue weighted by Gasteiger charge is 2.83. The van der Waals surface area contributed by atoms with Gasteiger partial charge in [-0.25, -0.2) is 0 Å². The molecular formula is C26H39NO7. The Hall–Kier alpha value is -1.58. The number of epoxide rings is 2. The van der Waals surface area contributed by atoms with Crippen LogP contribution < -0.4 is 5.32 Å². The minimum Gasteiger partial charge on any atom is -0.384 e. The zero-order valence-electron chi connectivity index (χ0n) is 20.7. The molecule has 0 aromatic carbocycles. The molecule has 0 aromatic heterocycles. The number of hydrogen-bond acceptors (Lipinski definition) is 7. The summed E-state index contributed by atoms with van der Waals surface area (Å²) >= 11 is 0. The number of unbranched alkanes of at least 4 members (excludes halogenated alkanes) is 3. The number of aliphatic hydroxyl groups excluding tert-OH is 1. The zero-order chi connectivity index (χ0) is 24.7. The fraction of sp³-hybridized carbons (Fsp3) is 0.769. The van der Waals surface area contributed by atoms with Gasteiger partial charge in [0.2, 0.25) is 5.91 Å². The summed E-state index contributed by atoms with van der Waals surface area (Å²) in [6, 6.07) is -0.618. The number of hydrogen-bond donors (Lipinski definition) is 3. The molecule has 0 aromatic rings. The third-order valence-electron chi connectivity index (χ3n) is 7.57. The van der Waals surface area contributed by atoms with Crippen LogP contribution in [0.15, 0.2) is 23.8 Å². The molecule has 3 aliphatic heterocycles. The number of amides is 1. The van der Waals surface area contributed by atoms with Gasteiger partial charge in [0.1, 0.15) is 41.4 Å². The first kappa shape index (κ1) is 25.5. The second-order valence-electron chi connectivity index (χ2n) is 10.7. The van der Waals surface area contributed by atoms with E-state index in [0.29, 0.717) is 12.3 Å². The monoisotopic (exact) mass is 477 g/mol. The third-order valence-corrected chi connectivity index (χ3v) is 7.57. The van der Waals surface area contributed by atoms with Crippen molar-refractivity contribution in [3.05, 3.63) is 23.8 Å². The highest BCUT2D eigenvalue weighted by atomic mass is 16.7. The lowest BCUT2D eigenvalue weighted by molar-refractivity contribution is -0.161. The number of aliphatic hydroxyl groups is 2. The summed E-state index contributed by atoms with van der Waals surface area (Å²) in [4.78, 5) is 24.1. The Morgan fingerprint density at radius 2 is 1.76 bits per heavy atom. The highest BCUT2D eigenvalue weighted by molar-refractivity contribution is 5.88. The van der Waals surface area contributed by atoms with E-state index in [4.69, 9.17) is 14.2 Å². The molecule has 190 valence electrons. The first-order valence-electron chi connectivity index (χ1n) is 12.7. The van der Waals surface area contributed by atoms with Gasteiger partial charge >= 0.3 is 0 Å². The lowest BCUT2D eigenvalue weighted by atomic mass is 9.72. The van der Waals surface area contributed by atoms with Crippen molar-refractivity contribution in [1.29, 1.82) is 0 Å². The van der Waals surface area contributed by atoms with E-state index in [1.807, 2.05) is 6.92 Å². The second-order valence-corrected chi connectivity index (χ2v) is 10.7. The van der Waals surface area contributed by atoms with Crippen molar-refractivity contribution in [2.45, 2.75) is 121 Å². The molecule has 3 heterocycles. The zero-order valence-corrected chi connectivity index (χ0v) is 20.7. The van der Waals surface area contributed by atoms with Gasteiger partial charge in [-0.05, 0) is 26.2 Å². The molecule has 2 unspecified atom stereocenters. The van der Waals surface area contributed by atoms with Crippen LogP contribution in [-0.2, 0) is 23.8 Å². The fourth-order valence-electron chi connectivity index (χ4n) is 5.86. The number of ether oxygens (including phenoxy) is 3. The third kappa shape index (κ3) is 5.02. The number of Topliss-reactive ketones (excluding diaryl/α,β-unsaturated/α-hetero) is 1. The molecule has 1 aliphatic carbocycles. The van der Waals surface area contributed by atoms with E-state index in [0.717, 1.165) is 12.0 Å². The first-order valence-corrected chi connectivity index (χ1v) is 12.7. The van der Waals surface area contributed by atoms with Crippen LogP contribution in [0.25, 0.3) is 0 Å². The Balaban J connectivity index is 1.29. The molecule has 1 saturated carbocycles. The number of ketones is 1. The maximum absolute atomic E-state index is 12.5. The van der Waals surface area contributed by atoms with Crippen molar-refractivity contribution in [2.24, 2.45) is 5.92 Å². The number of nitrogens with one attached hydrogen (secondary N) is 1. The van der Waals surface area contributed by atoms with E-state index < -0.39 is 47.9 Å². The predicted molar refractivity (Wildman–Crippen MR) is 125 cm³/mol. The average molecular weight is 478 g/mol. The standard InChI is InChI=1S/C26H39NO7/c1-5-6-7-8-9-15(2)12-16(3)10-11-19(29)27-18-14-26(34-24(18)30)22-20(32-22)25(31,13-17(4)28)21-23(26)33-21/h10-12,15,18,20-24,30-31H,5-9,13-14H2,1-4H3,(H,27,29)/b11-10+,16-12+/t15-,18+,20-,21+,22+,23-,24-,25?,26?/m1/s1. The Labute approximate surface area is 201 Å². The Morgan fingerprint density at radius 1 is 1.09 bits per heavy atom. The van der Waals surface area contributed by atoms with Gasteiger partial charge in [-0.2, -0.15) is 0 Å². The molecule has 8 heteroatoms. The topological polar surface area (TPSA) is 121 Å². The maximum Gasteiger partial charge on any atom is 0.244 e. The minimum atomic E-state index is -1.36. The quantitative estimate of drug-likeness (QED) is 0.181. The molecule has 1 spiro atoms. The van der Waals surface area contributed by atoms with Crippen LogP contribution in [0.4, 0.5) is 0 Å². The van der Waals surface area contributed by atoms with Crippen molar-refractivity contribution < 1.29 is 34.0 Å². The van der Waals surface area contributed by atoms with Gasteiger partial charge in [-0.3, -0.25) is 9.59 Å². The lowest BCUT2D eigenvalue weighted by Crippen LogP contribution is -2.57. The van der Waals surface area contributed by atoms with Crippen LogP contribution in [0.1, 0.15) is 72.6 Å². The molecule has 4 rings (SSSR count). The Morgan fingerprint density at radius 3 is 2.38 bits per heavy atom. The van der Waals surface area contributed by atoms with Crippen LogP contribution in [0.3, 0.4) is 0 Å². The van der Waals surface area contributed by atoms with E-state index in [1.165, 1.54) is 38.7 Å². The van der Waals surface area contributed by atoms with E-state index in [1.54, 1.807) is 6.08 Å². The molecule has 1 amide bonds. The molecule has 4 fully saturated rings. The molecule has 9 atom stereocenters. The van der Waals surface area contributed by atoms with Gasteiger partial charge in [0.15, 0.2) is 6.29 Å². The van der Waals surface area contributed by atoms with E-state index in [-0.39, 0.29) is 18.1 Å². The summed E-state index contributed by atoms with van der Waals surface area (Å²) < 4.78 is 17.4. The van der Waals surface area contributed by atoms with Crippen LogP contribution in [0.2, 0.25) is 0 Å². The van der Waals surface area contributed by atoms with E-state index in [9.17, 15) is 19.8 Å². The largest absolute Gasteiger partial charge is 0.384 e. The summed E-state index contributed by atoms with van der Waals surface area (Å²) in [5.74, 6) is 0.0142. The number of rotatable bonds is 11. The van der Waals surface area contributed by atoms with Gasteiger partial charge in [-0.1, -0.05) is 57.3 Å². The first-order chi connectivity index (χ1) is 16.1. The van der Waals surface area contributed by atoms with E-state index in [2.05, 4.69) is 25.2 Å². The van der Waals surface area contributed by atoms with Gasteiger partial charge in [0.05, 0.1) is 6.04 Å². The van der Waals surface area contributed by atoms with Gasteiger partial charge in [0.25, 0.3) is 0 Å². The van der Waals surface area contributed by atoms with Crippen LogP contribution in [-0.4, -0.2) is 69.9 Å². The number of fused-ring (bicyclic) bond motifs is 4. The van der Waals surface area contributed by atoms with Crippen molar-refractivity contribution in [1.82, 2.24) is 5.32 Å². The average Bonchev–Trinajstić information content (AvgIpc) is 3.66. The smallest absolute Gasteiger partial charge is 0.244 e. The molecule has 3 N–H and O–H groups in total. The SMILES string of the molecule is CCCCCC[C@@H](C)/C=C(C)/C=C/C(=O)N[C@H]1CC2(O[C@H]1O)[C@@H]1O[C@@H]1C(O)(CC(C)=O)[C@@H]1O[C@@H]12. The maximum atomic E-state index is 12.5. The van der Waals surface area contributed by atoms with Crippen LogP contribution >= 0.6 is 0 Å². The molecule has 34 heavy (non-hydrogen) atoms. The van der Waals surface area contributed by atoms with Crippen LogP contribution in [0.5, 0.6) is 0 Å². The molecule has 3 saturated heterocycles. The Bertz CT molecular complexity index is 834. The van der Waals surface area contributed by atoms with Crippen LogP contribution in [0, 0.1) is 5.92 Å². The molecule has 0 bridgehead atoms. The van der Waals surface area contributed by atoms with Gasteiger partial charge < -0.3 is 29.7 Å². The number of allylic oxidation sites excluding steroid dienone is 3. The number of carbonyl (C=O) groups excluding carboxylic acids is 2. The summed E-state index contributed by atoms with van der Waals surface area (Å²) in [5, 5.41) is 24.3. The lowest BCUT2D eigenvalue weighted by Gasteiger charge is -2.33. The summed E-state index contributed by atoms with van der Waals surface area (Å²) in [6.45, 7) is 7.81. The number of carbonyl (C=O) groups is 2. The molecule has 0 radical (unpaired) electrons. The molecule has 8 nitrogen and oxygen atoms in total. The minimum absolute atomic E-state index is 0.0385. The molecular weight excluding hydrogens is 438 g/mol. The summed E-state index contributed by atoms with van der Waals surface area (Å²) in [6.07, 6.45) is 8.54. The van der Waals surface area contributed by atoms with Crippen molar-refractivity contribution in [2.75, 3.05) is 0 Å². The summed E-state index contributed by atoms with van der Waals surface area (Å²) in [5.41, 5.74) is -1.26. The van der Waals surface area contributed by atoms with Crippen molar-refractivity contribution in [3.8, 4) is 0 Å². The van der Waals surface area contributed by atoms with Gasteiger partial charge in [0, 0.05) is 18.9 Å². The predicted octanol–water partition coefficient (Wildman–Crippen LogP) is 2.32. The normalized spacial score (nSPS) is 41.3. The summed E-state index contributed by atoms with van der Waals surface area (Å²) in [7, 11) is 0. The second kappa shape index (κ2) is 9.82. The van der Waals surface area contributed by atoms with Crippen molar-refractivity contribution in [3.63, 3.8) is 0 Å². The van der Waals surface area contributed by atoms with Crippen molar-refractivity contribution >= 4 is 11.7 Å².